The Morgan fingerprint density at radius 3 is 2.82 bits per heavy atom. The molecule has 6 heteroatoms. The van der Waals surface area contributed by atoms with E-state index in [9.17, 15) is 9.90 Å². The van der Waals surface area contributed by atoms with E-state index in [4.69, 9.17) is 17.0 Å². The number of carbonyl (C=O) groups is 1. The molecule has 1 heterocycles. The van der Waals surface area contributed by atoms with Gasteiger partial charge in [-0.05, 0) is 18.2 Å². The van der Waals surface area contributed by atoms with Crippen molar-refractivity contribution in [2.75, 3.05) is 7.11 Å². The summed E-state index contributed by atoms with van der Waals surface area (Å²) < 4.78 is 5.40. The molecule has 0 saturated carbocycles. The lowest BCUT2D eigenvalue weighted by Gasteiger charge is -2.03. The van der Waals surface area contributed by atoms with Gasteiger partial charge >= 0.3 is 0 Å². The Kier molecular flexibility index (Phi) is 3.35. The van der Waals surface area contributed by atoms with Gasteiger partial charge in [-0.3, -0.25) is 4.79 Å². The summed E-state index contributed by atoms with van der Waals surface area (Å²) in [5.74, 6) is 0.377. The van der Waals surface area contributed by atoms with E-state index >= 15 is 0 Å². The summed E-state index contributed by atoms with van der Waals surface area (Å²) in [5.41, 5.74) is 0.549. The molecule has 1 saturated heterocycles. The first-order valence-corrected chi connectivity index (χ1v) is 5.94. The largest absolute Gasteiger partial charge is 0.507 e. The van der Waals surface area contributed by atoms with Gasteiger partial charge in [-0.15, -0.1) is 0 Å². The molecular weight excluding hydrogens is 258 g/mol. The smallest absolute Gasteiger partial charge is 0.263 e. The number of ether oxygens (including phenoxy) is 1. The number of amides is 1. The number of benzene rings is 1. The number of hydrogen-bond acceptors (Lipinski definition) is 5. The lowest BCUT2D eigenvalue weighted by molar-refractivity contribution is -0.115. The van der Waals surface area contributed by atoms with Crippen molar-refractivity contribution in [1.29, 1.82) is 0 Å². The van der Waals surface area contributed by atoms with Crippen molar-refractivity contribution >= 4 is 40.3 Å². The Labute approximate surface area is 108 Å². The summed E-state index contributed by atoms with van der Waals surface area (Å²) in [7, 11) is 1.52. The number of aromatic hydroxyl groups is 1. The van der Waals surface area contributed by atoms with Gasteiger partial charge in [0.15, 0.2) is 0 Å². The molecule has 0 aromatic heterocycles. The van der Waals surface area contributed by atoms with Crippen molar-refractivity contribution in [3.63, 3.8) is 0 Å². The van der Waals surface area contributed by atoms with Crippen LogP contribution in [-0.4, -0.2) is 22.4 Å². The summed E-state index contributed by atoms with van der Waals surface area (Å²) in [6, 6.07) is 4.88. The third-order valence-electron chi connectivity index (χ3n) is 2.17. The average molecular weight is 267 g/mol. The Bertz CT molecular complexity index is 525. The number of phenolic OH excluding ortho intramolecular Hbond substituents is 1. The summed E-state index contributed by atoms with van der Waals surface area (Å²) in [5, 5.41) is 12.2. The first-order valence-electron chi connectivity index (χ1n) is 4.72. The van der Waals surface area contributed by atoms with E-state index in [1.807, 2.05) is 0 Å². The van der Waals surface area contributed by atoms with Crippen molar-refractivity contribution in [2.45, 2.75) is 0 Å². The molecule has 0 aliphatic carbocycles. The van der Waals surface area contributed by atoms with Crippen LogP contribution < -0.4 is 10.1 Å². The second-order valence-corrected chi connectivity index (χ2v) is 5.00. The highest BCUT2D eigenvalue weighted by molar-refractivity contribution is 8.26. The molecule has 1 aromatic carbocycles. The van der Waals surface area contributed by atoms with Crippen molar-refractivity contribution in [2.24, 2.45) is 0 Å². The van der Waals surface area contributed by atoms with E-state index in [0.29, 0.717) is 20.5 Å². The number of carbonyl (C=O) groups excluding carboxylic acids is 1. The zero-order valence-corrected chi connectivity index (χ0v) is 10.5. The Balaban J connectivity index is 2.33. The first-order chi connectivity index (χ1) is 8.10. The number of methoxy groups -OCH3 is 1. The van der Waals surface area contributed by atoms with Crippen molar-refractivity contribution in [1.82, 2.24) is 5.32 Å². The minimum absolute atomic E-state index is 0.0584. The fraction of sp³-hybridized carbons (Fsp3) is 0.0909. The summed E-state index contributed by atoms with van der Waals surface area (Å²) in [6.07, 6.45) is 1.59. The maximum absolute atomic E-state index is 11.4. The third kappa shape index (κ3) is 2.59. The highest BCUT2D eigenvalue weighted by atomic mass is 32.2. The second-order valence-electron chi connectivity index (χ2n) is 3.28. The fourth-order valence-electron chi connectivity index (χ4n) is 1.33. The molecule has 1 aromatic rings. The van der Waals surface area contributed by atoms with Crippen molar-refractivity contribution in [3.05, 3.63) is 28.7 Å². The molecular formula is C11H9NO3S2. The van der Waals surface area contributed by atoms with E-state index in [1.165, 1.54) is 24.9 Å². The molecule has 0 bridgehead atoms. The average Bonchev–Trinajstić information content (AvgIpc) is 2.60. The normalized spacial score (nSPS) is 17.4. The van der Waals surface area contributed by atoms with Crippen LogP contribution in [0, 0.1) is 0 Å². The molecule has 17 heavy (non-hydrogen) atoms. The molecule has 1 aliphatic rings. The van der Waals surface area contributed by atoms with E-state index in [-0.39, 0.29) is 11.7 Å². The Hall–Kier alpha value is -1.53. The molecule has 2 N–H and O–H groups in total. The molecule has 0 atom stereocenters. The highest BCUT2D eigenvalue weighted by Crippen LogP contribution is 2.30. The van der Waals surface area contributed by atoms with Gasteiger partial charge in [-0.25, -0.2) is 0 Å². The number of phenols is 1. The van der Waals surface area contributed by atoms with E-state index in [0.717, 1.165) is 0 Å². The molecule has 1 aliphatic heterocycles. The van der Waals surface area contributed by atoms with Gasteiger partial charge in [-0.1, -0.05) is 24.0 Å². The van der Waals surface area contributed by atoms with Crippen LogP contribution in [0.3, 0.4) is 0 Å². The van der Waals surface area contributed by atoms with Gasteiger partial charge in [0.05, 0.1) is 12.0 Å². The Morgan fingerprint density at radius 1 is 1.53 bits per heavy atom. The van der Waals surface area contributed by atoms with Crippen LogP contribution in [0.15, 0.2) is 23.1 Å². The van der Waals surface area contributed by atoms with Gasteiger partial charge < -0.3 is 15.2 Å². The number of rotatable bonds is 2. The SMILES string of the molecule is COc1ccc(C=C2SC(=S)NC2=O)c(O)c1. The molecule has 88 valence electrons. The van der Waals surface area contributed by atoms with E-state index in [1.54, 1.807) is 18.2 Å². The second kappa shape index (κ2) is 4.77. The van der Waals surface area contributed by atoms with Crippen molar-refractivity contribution < 1.29 is 14.6 Å². The predicted octanol–water partition coefficient (Wildman–Crippen LogP) is 1.89. The van der Waals surface area contributed by atoms with Gasteiger partial charge in [0.1, 0.15) is 15.8 Å². The molecule has 1 fully saturated rings. The first kappa shape index (κ1) is 11.9. The van der Waals surface area contributed by atoms with Crippen LogP contribution in [0.2, 0.25) is 0 Å². The fourth-order valence-corrected chi connectivity index (χ4v) is 2.37. The monoisotopic (exact) mass is 267 g/mol. The maximum atomic E-state index is 11.4. The van der Waals surface area contributed by atoms with Gasteiger partial charge in [0, 0.05) is 11.6 Å². The minimum Gasteiger partial charge on any atom is -0.507 e. The van der Waals surface area contributed by atoms with E-state index in [2.05, 4.69) is 5.32 Å². The van der Waals surface area contributed by atoms with E-state index < -0.39 is 0 Å². The number of hydrogen-bond donors (Lipinski definition) is 2. The molecule has 2 rings (SSSR count). The number of thiocarbonyl (C=S) groups is 1. The molecule has 1 amide bonds. The quantitative estimate of drug-likeness (QED) is 0.633. The molecule has 0 spiro atoms. The number of nitrogens with one attached hydrogen (secondary N) is 1. The third-order valence-corrected chi connectivity index (χ3v) is 3.33. The topological polar surface area (TPSA) is 58.6 Å². The van der Waals surface area contributed by atoms with Crippen LogP contribution in [0.4, 0.5) is 0 Å². The zero-order valence-electron chi connectivity index (χ0n) is 8.89. The van der Waals surface area contributed by atoms with Crippen LogP contribution in [-0.2, 0) is 4.79 Å². The predicted molar refractivity (Wildman–Crippen MR) is 71.0 cm³/mol. The molecule has 0 unspecified atom stereocenters. The highest BCUT2D eigenvalue weighted by Gasteiger charge is 2.22. The van der Waals surface area contributed by atoms with Crippen LogP contribution in [0.5, 0.6) is 11.5 Å². The summed E-state index contributed by atoms with van der Waals surface area (Å²) in [6.45, 7) is 0. The standard InChI is InChI=1S/C11H9NO3S2/c1-15-7-3-2-6(8(13)5-7)4-9-10(14)12-11(16)17-9/h2-5,13H,1H3,(H,12,14,16). The lowest BCUT2D eigenvalue weighted by Crippen LogP contribution is -2.17. The number of thioether (sulfide) groups is 1. The maximum Gasteiger partial charge on any atom is 0.263 e. The van der Waals surface area contributed by atoms with Crippen LogP contribution in [0.25, 0.3) is 6.08 Å². The molecule has 4 nitrogen and oxygen atoms in total. The van der Waals surface area contributed by atoms with Gasteiger partial charge in [0.25, 0.3) is 5.91 Å². The van der Waals surface area contributed by atoms with Crippen LogP contribution >= 0.6 is 24.0 Å². The van der Waals surface area contributed by atoms with Gasteiger partial charge in [-0.2, -0.15) is 0 Å². The van der Waals surface area contributed by atoms with Gasteiger partial charge in [0.2, 0.25) is 0 Å². The van der Waals surface area contributed by atoms with Crippen molar-refractivity contribution in [3.8, 4) is 11.5 Å². The lowest BCUT2D eigenvalue weighted by atomic mass is 10.1. The summed E-state index contributed by atoms with van der Waals surface area (Å²) >= 11 is 6.05. The van der Waals surface area contributed by atoms with Crippen LogP contribution in [0.1, 0.15) is 5.56 Å². The molecule has 0 radical (unpaired) electrons. The zero-order chi connectivity index (χ0) is 12.4. The minimum atomic E-state index is -0.241. The summed E-state index contributed by atoms with van der Waals surface area (Å²) in [4.78, 5) is 11.9. The Morgan fingerprint density at radius 2 is 2.29 bits per heavy atom.